The fraction of sp³-hybridized carbons (Fsp3) is 0.0833. The summed E-state index contributed by atoms with van der Waals surface area (Å²) in [7, 11) is 0. The predicted molar refractivity (Wildman–Crippen MR) is 66.8 cm³/mol. The van der Waals surface area contributed by atoms with Gasteiger partial charge in [0, 0.05) is 18.1 Å². The first-order valence-corrected chi connectivity index (χ1v) is 5.28. The van der Waals surface area contributed by atoms with Crippen LogP contribution in [0.1, 0.15) is 16.1 Å². The Balaban J connectivity index is 2.19. The number of nitrogens with one attached hydrogen (secondary N) is 1. The Bertz CT molecular complexity index is 572. The number of amides is 1. The third kappa shape index (κ3) is 2.61. The molecule has 0 atom stereocenters. The lowest BCUT2D eigenvalue weighted by Gasteiger charge is -2.06. The molecule has 0 radical (unpaired) electrons. The van der Waals surface area contributed by atoms with Gasteiger partial charge in [0.25, 0.3) is 5.91 Å². The molecule has 2 aromatic rings. The van der Waals surface area contributed by atoms with Gasteiger partial charge < -0.3 is 16.2 Å². The van der Waals surface area contributed by atoms with Crippen LogP contribution in [0.4, 0.5) is 11.5 Å². The van der Waals surface area contributed by atoms with E-state index in [1.165, 1.54) is 12.4 Å². The van der Waals surface area contributed by atoms with Crippen molar-refractivity contribution in [3.05, 3.63) is 47.9 Å². The van der Waals surface area contributed by atoms with Gasteiger partial charge in [0.1, 0.15) is 0 Å². The van der Waals surface area contributed by atoms with E-state index < -0.39 is 5.91 Å². The number of aliphatic hydroxyl groups excluding tert-OH is 1. The van der Waals surface area contributed by atoms with Crippen LogP contribution >= 0.6 is 0 Å². The lowest BCUT2D eigenvalue weighted by molar-refractivity contribution is 0.102. The van der Waals surface area contributed by atoms with Gasteiger partial charge in [-0.25, -0.2) is 9.97 Å². The number of nitrogens with zero attached hydrogens (tertiary/aromatic N) is 2. The smallest absolute Gasteiger partial charge is 0.278 e. The normalized spacial score (nSPS) is 10.1. The van der Waals surface area contributed by atoms with E-state index in [0.29, 0.717) is 11.3 Å². The van der Waals surface area contributed by atoms with Gasteiger partial charge in [0.15, 0.2) is 11.5 Å². The van der Waals surface area contributed by atoms with Crippen molar-refractivity contribution in [1.82, 2.24) is 9.97 Å². The summed E-state index contributed by atoms with van der Waals surface area (Å²) in [5.41, 5.74) is 6.91. The lowest BCUT2D eigenvalue weighted by atomic mass is 10.2. The Kier molecular flexibility index (Phi) is 3.49. The Labute approximate surface area is 104 Å². The molecule has 4 N–H and O–H groups in total. The van der Waals surface area contributed by atoms with Crippen LogP contribution in [0.2, 0.25) is 0 Å². The average Bonchev–Trinajstić information content (AvgIpc) is 2.39. The molecule has 18 heavy (non-hydrogen) atoms. The summed E-state index contributed by atoms with van der Waals surface area (Å²) in [5.74, 6) is -0.357. The van der Waals surface area contributed by atoms with Crippen LogP contribution in [0.3, 0.4) is 0 Å². The fourth-order valence-corrected chi connectivity index (χ4v) is 1.46. The number of benzene rings is 1. The van der Waals surface area contributed by atoms with Gasteiger partial charge in [-0.05, 0) is 17.7 Å². The van der Waals surface area contributed by atoms with Crippen LogP contribution in [-0.4, -0.2) is 21.0 Å². The molecule has 2 rings (SSSR count). The number of nitrogens with two attached hydrogens (primary N) is 1. The number of anilines is 2. The van der Waals surface area contributed by atoms with Crippen LogP contribution in [-0.2, 0) is 6.61 Å². The van der Waals surface area contributed by atoms with E-state index in [2.05, 4.69) is 15.3 Å². The van der Waals surface area contributed by atoms with E-state index in [0.717, 1.165) is 0 Å². The highest BCUT2D eigenvalue weighted by Gasteiger charge is 2.12. The summed E-state index contributed by atoms with van der Waals surface area (Å²) in [6.07, 6.45) is 2.81. The third-order valence-electron chi connectivity index (χ3n) is 2.31. The molecule has 0 fully saturated rings. The maximum atomic E-state index is 11.9. The van der Waals surface area contributed by atoms with E-state index in [-0.39, 0.29) is 18.1 Å². The molecule has 0 unspecified atom stereocenters. The topological polar surface area (TPSA) is 101 Å². The first kappa shape index (κ1) is 12.0. The summed E-state index contributed by atoms with van der Waals surface area (Å²) < 4.78 is 0. The number of aliphatic hydroxyl groups is 1. The molecule has 92 valence electrons. The quantitative estimate of drug-likeness (QED) is 0.741. The molecule has 6 heteroatoms. The summed E-state index contributed by atoms with van der Waals surface area (Å²) in [6, 6.07) is 6.88. The van der Waals surface area contributed by atoms with Crippen molar-refractivity contribution in [2.24, 2.45) is 0 Å². The van der Waals surface area contributed by atoms with Crippen molar-refractivity contribution in [2.75, 3.05) is 11.1 Å². The van der Waals surface area contributed by atoms with Gasteiger partial charge in [-0.3, -0.25) is 4.79 Å². The minimum absolute atomic E-state index is 0.0758. The standard InChI is InChI=1S/C12H12N4O2/c13-11-10(14-4-5-15-11)12(18)16-9-3-1-2-8(6-9)7-17/h1-6,17H,7H2,(H2,13,15)(H,16,18). The van der Waals surface area contributed by atoms with Gasteiger partial charge in [-0.15, -0.1) is 0 Å². The van der Waals surface area contributed by atoms with Crippen molar-refractivity contribution < 1.29 is 9.90 Å². The highest BCUT2D eigenvalue weighted by Crippen LogP contribution is 2.13. The van der Waals surface area contributed by atoms with E-state index in [4.69, 9.17) is 10.8 Å². The summed E-state index contributed by atoms with van der Waals surface area (Å²) in [6.45, 7) is -0.0863. The van der Waals surface area contributed by atoms with Crippen molar-refractivity contribution in [3.63, 3.8) is 0 Å². The van der Waals surface area contributed by atoms with Gasteiger partial charge in [0.05, 0.1) is 6.61 Å². The van der Waals surface area contributed by atoms with E-state index in [1.54, 1.807) is 24.3 Å². The van der Waals surface area contributed by atoms with Gasteiger partial charge in [0.2, 0.25) is 0 Å². The molecule has 1 aromatic carbocycles. The molecule has 1 aromatic heterocycles. The lowest BCUT2D eigenvalue weighted by Crippen LogP contribution is -2.16. The first-order chi connectivity index (χ1) is 8.70. The minimum atomic E-state index is -0.435. The number of rotatable bonds is 3. The number of aromatic nitrogens is 2. The summed E-state index contributed by atoms with van der Waals surface area (Å²) in [4.78, 5) is 19.5. The van der Waals surface area contributed by atoms with E-state index in [9.17, 15) is 4.79 Å². The Morgan fingerprint density at radius 3 is 2.83 bits per heavy atom. The molecule has 1 heterocycles. The molecule has 0 saturated heterocycles. The molecule has 1 amide bonds. The zero-order valence-corrected chi connectivity index (χ0v) is 9.50. The second kappa shape index (κ2) is 5.24. The largest absolute Gasteiger partial charge is 0.392 e. The molecule has 0 saturated carbocycles. The molecular weight excluding hydrogens is 232 g/mol. The number of carbonyl (C=O) groups excluding carboxylic acids is 1. The van der Waals surface area contributed by atoms with Crippen LogP contribution in [0.25, 0.3) is 0 Å². The predicted octanol–water partition coefficient (Wildman–Crippen LogP) is 0.803. The van der Waals surface area contributed by atoms with Crippen LogP contribution in [0.5, 0.6) is 0 Å². The monoisotopic (exact) mass is 244 g/mol. The fourth-order valence-electron chi connectivity index (χ4n) is 1.46. The zero-order chi connectivity index (χ0) is 13.0. The van der Waals surface area contributed by atoms with E-state index >= 15 is 0 Å². The van der Waals surface area contributed by atoms with Crippen molar-refractivity contribution >= 4 is 17.4 Å². The maximum absolute atomic E-state index is 11.9. The highest BCUT2D eigenvalue weighted by atomic mass is 16.3. The molecule has 0 bridgehead atoms. The second-order valence-electron chi connectivity index (χ2n) is 3.60. The van der Waals surface area contributed by atoms with Crippen LogP contribution < -0.4 is 11.1 Å². The number of hydrogen-bond donors (Lipinski definition) is 3. The van der Waals surface area contributed by atoms with Crippen molar-refractivity contribution in [3.8, 4) is 0 Å². The average molecular weight is 244 g/mol. The molecule has 0 aliphatic carbocycles. The second-order valence-corrected chi connectivity index (χ2v) is 3.60. The van der Waals surface area contributed by atoms with Crippen molar-refractivity contribution in [1.29, 1.82) is 0 Å². The highest BCUT2D eigenvalue weighted by molar-refractivity contribution is 6.05. The Morgan fingerprint density at radius 2 is 2.11 bits per heavy atom. The Morgan fingerprint density at radius 1 is 1.33 bits per heavy atom. The molecule has 0 aliphatic heterocycles. The molecule has 0 spiro atoms. The van der Waals surface area contributed by atoms with Crippen LogP contribution in [0, 0.1) is 0 Å². The minimum Gasteiger partial charge on any atom is -0.392 e. The van der Waals surface area contributed by atoms with Gasteiger partial charge >= 0.3 is 0 Å². The van der Waals surface area contributed by atoms with E-state index in [1.807, 2.05) is 0 Å². The molecule has 0 aliphatic rings. The Hall–Kier alpha value is -2.47. The number of carbonyl (C=O) groups is 1. The SMILES string of the molecule is Nc1nccnc1C(=O)Nc1cccc(CO)c1. The maximum Gasteiger partial charge on any atom is 0.278 e. The van der Waals surface area contributed by atoms with Gasteiger partial charge in [-0.2, -0.15) is 0 Å². The zero-order valence-electron chi connectivity index (χ0n) is 9.50. The molecular formula is C12H12N4O2. The number of hydrogen-bond acceptors (Lipinski definition) is 5. The van der Waals surface area contributed by atoms with Gasteiger partial charge in [-0.1, -0.05) is 12.1 Å². The number of nitrogen functional groups attached to an aromatic ring is 1. The van der Waals surface area contributed by atoms with Crippen molar-refractivity contribution in [2.45, 2.75) is 6.61 Å². The van der Waals surface area contributed by atoms with Crippen LogP contribution in [0.15, 0.2) is 36.7 Å². The first-order valence-electron chi connectivity index (χ1n) is 5.28. The molecule has 6 nitrogen and oxygen atoms in total. The summed E-state index contributed by atoms with van der Waals surface area (Å²) in [5, 5.41) is 11.6. The summed E-state index contributed by atoms with van der Waals surface area (Å²) >= 11 is 0. The third-order valence-corrected chi connectivity index (χ3v) is 2.31.